The van der Waals surface area contributed by atoms with Gasteiger partial charge in [0, 0.05) is 18.8 Å². The van der Waals surface area contributed by atoms with E-state index in [2.05, 4.69) is 55.9 Å². The monoisotopic (exact) mass is 278 g/mol. The molecule has 0 aliphatic heterocycles. The Morgan fingerprint density at radius 2 is 1.80 bits per heavy atom. The summed E-state index contributed by atoms with van der Waals surface area (Å²) in [6.07, 6.45) is 1.20. The molecule has 0 unspecified atom stereocenters. The SMILES string of the molecule is Cc1ccc(N(CCCN(C)C)CCC(=O)O)cc1C. The second kappa shape index (κ2) is 7.90. The van der Waals surface area contributed by atoms with Crippen LogP contribution in [0.25, 0.3) is 0 Å². The normalized spacial score (nSPS) is 10.8. The summed E-state index contributed by atoms with van der Waals surface area (Å²) in [5.41, 5.74) is 3.63. The molecular weight excluding hydrogens is 252 g/mol. The molecule has 1 N–H and O–H groups in total. The quantitative estimate of drug-likeness (QED) is 0.793. The maximum Gasteiger partial charge on any atom is 0.305 e. The second-order valence-corrected chi connectivity index (χ2v) is 5.56. The summed E-state index contributed by atoms with van der Waals surface area (Å²) in [6, 6.07) is 6.33. The summed E-state index contributed by atoms with van der Waals surface area (Å²) in [4.78, 5) is 15.1. The zero-order valence-corrected chi connectivity index (χ0v) is 13.0. The van der Waals surface area contributed by atoms with E-state index >= 15 is 0 Å². The third-order valence-corrected chi connectivity index (χ3v) is 3.48. The molecule has 0 saturated carbocycles. The molecule has 20 heavy (non-hydrogen) atoms. The molecular formula is C16H26N2O2. The van der Waals surface area contributed by atoms with Crippen LogP contribution in [0.5, 0.6) is 0 Å². The smallest absolute Gasteiger partial charge is 0.305 e. The summed E-state index contributed by atoms with van der Waals surface area (Å²) < 4.78 is 0. The van der Waals surface area contributed by atoms with Crippen LogP contribution in [0, 0.1) is 13.8 Å². The number of carbonyl (C=O) groups is 1. The molecule has 0 saturated heterocycles. The van der Waals surface area contributed by atoms with Crippen molar-refractivity contribution in [2.24, 2.45) is 0 Å². The van der Waals surface area contributed by atoms with Gasteiger partial charge in [0.05, 0.1) is 6.42 Å². The highest BCUT2D eigenvalue weighted by molar-refractivity contribution is 5.67. The van der Waals surface area contributed by atoms with Crippen LogP contribution in [0.3, 0.4) is 0 Å². The Balaban J connectivity index is 2.73. The molecule has 0 aliphatic carbocycles. The molecule has 1 rings (SSSR count). The minimum atomic E-state index is -0.744. The number of aliphatic carboxylic acids is 1. The van der Waals surface area contributed by atoms with E-state index in [9.17, 15) is 4.79 Å². The fourth-order valence-electron chi connectivity index (χ4n) is 2.10. The summed E-state index contributed by atoms with van der Waals surface area (Å²) in [7, 11) is 4.11. The highest BCUT2D eigenvalue weighted by Gasteiger charge is 2.09. The van der Waals surface area contributed by atoms with Gasteiger partial charge >= 0.3 is 5.97 Å². The number of carboxylic acid groups (broad SMARTS) is 1. The number of rotatable bonds is 8. The molecule has 0 spiro atoms. The first-order valence-corrected chi connectivity index (χ1v) is 7.09. The van der Waals surface area contributed by atoms with Crippen molar-refractivity contribution in [1.82, 2.24) is 4.90 Å². The van der Waals surface area contributed by atoms with Gasteiger partial charge in [0.2, 0.25) is 0 Å². The lowest BCUT2D eigenvalue weighted by atomic mass is 10.1. The first-order valence-electron chi connectivity index (χ1n) is 7.09. The molecule has 0 bridgehead atoms. The van der Waals surface area contributed by atoms with E-state index in [1.165, 1.54) is 11.1 Å². The fourth-order valence-corrected chi connectivity index (χ4v) is 2.10. The van der Waals surface area contributed by atoms with Gasteiger partial charge in [-0.3, -0.25) is 4.79 Å². The minimum absolute atomic E-state index is 0.175. The first-order chi connectivity index (χ1) is 9.40. The maximum absolute atomic E-state index is 10.8. The summed E-state index contributed by atoms with van der Waals surface area (Å²) in [5, 5.41) is 8.89. The van der Waals surface area contributed by atoms with Crippen molar-refractivity contribution in [3.8, 4) is 0 Å². The van der Waals surface area contributed by atoms with Gasteiger partial charge in [0.1, 0.15) is 0 Å². The first kappa shape index (κ1) is 16.5. The molecule has 4 nitrogen and oxygen atoms in total. The van der Waals surface area contributed by atoms with Crippen molar-refractivity contribution in [1.29, 1.82) is 0 Å². The molecule has 0 heterocycles. The molecule has 0 atom stereocenters. The molecule has 0 aromatic heterocycles. The van der Waals surface area contributed by atoms with Crippen LogP contribution >= 0.6 is 0 Å². The molecule has 0 radical (unpaired) electrons. The summed E-state index contributed by atoms with van der Waals surface area (Å²) in [5.74, 6) is -0.744. The van der Waals surface area contributed by atoms with Crippen molar-refractivity contribution in [2.75, 3.05) is 38.6 Å². The number of anilines is 1. The van der Waals surface area contributed by atoms with E-state index in [0.29, 0.717) is 6.54 Å². The lowest BCUT2D eigenvalue weighted by Crippen LogP contribution is -2.29. The zero-order chi connectivity index (χ0) is 15.1. The Morgan fingerprint density at radius 3 is 2.35 bits per heavy atom. The van der Waals surface area contributed by atoms with Gasteiger partial charge in [0.25, 0.3) is 0 Å². The molecule has 0 fully saturated rings. The van der Waals surface area contributed by atoms with Gasteiger partial charge < -0.3 is 14.9 Å². The molecule has 0 aliphatic rings. The third kappa shape index (κ3) is 5.61. The van der Waals surface area contributed by atoms with E-state index in [-0.39, 0.29) is 6.42 Å². The van der Waals surface area contributed by atoms with E-state index in [1.54, 1.807) is 0 Å². The predicted octanol–water partition coefficient (Wildman–Crippen LogP) is 2.54. The molecule has 0 amide bonds. The summed E-state index contributed by atoms with van der Waals surface area (Å²) >= 11 is 0. The standard InChI is InChI=1S/C16H26N2O2/c1-13-6-7-15(12-14(13)2)18(11-8-16(19)20)10-5-9-17(3)4/h6-7,12H,5,8-11H2,1-4H3,(H,19,20). The number of nitrogens with zero attached hydrogens (tertiary/aromatic N) is 2. The number of hydrogen-bond acceptors (Lipinski definition) is 3. The fraction of sp³-hybridized carbons (Fsp3) is 0.562. The van der Waals surface area contributed by atoms with Crippen LogP contribution in [0.1, 0.15) is 24.0 Å². The Kier molecular flexibility index (Phi) is 6.52. The van der Waals surface area contributed by atoms with Gasteiger partial charge in [-0.1, -0.05) is 6.07 Å². The van der Waals surface area contributed by atoms with E-state index < -0.39 is 5.97 Å². The van der Waals surface area contributed by atoms with Crippen molar-refractivity contribution in [3.63, 3.8) is 0 Å². The highest BCUT2D eigenvalue weighted by Crippen LogP contribution is 2.19. The second-order valence-electron chi connectivity index (χ2n) is 5.56. The Morgan fingerprint density at radius 1 is 1.10 bits per heavy atom. The van der Waals surface area contributed by atoms with Gasteiger partial charge in [-0.15, -0.1) is 0 Å². The predicted molar refractivity (Wildman–Crippen MR) is 83.6 cm³/mol. The largest absolute Gasteiger partial charge is 0.481 e. The number of aryl methyl sites for hydroxylation is 2. The molecule has 1 aromatic carbocycles. The van der Waals surface area contributed by atoms with Crippen LogP contribution < -0.4 is 4.90 Å². The highest BCUT2D eigenvalue weighted by atomic mass is 16.4. The Bertz CT molecular complexity index is 444. The van der Waals surface area contributed by atoms with E-state index in [1.807, 2.05) is 0 Å². The van der Waals surface area contributed by atoms with Crippen molar-refractivity contribution in [2.45, 2.75) is 26.7 Å². The van der Waals surface area contributed by atoms with E-state index in [4.69, 9.17) is 5.11 Å². The minimum Gasteiger partial charge on any atom is -0.481 e. The van der Waals surface area contributed by atoms with Gasteiger partial charge in [-0.05, 0) is 64.2 Å². The molecule has 1 aromatic rings. The number of benzene rings is 1. The zero-order valence-electron chi connectivity index (χ0n) is 13.0. The lowest BCUT2D eigenvalue weighted by molar-refractivity contribution is -0.136. The van der Waals surface area contributed by atoms with Gasteiger partial charge in [-0.2, -0.15) is 0 Å². The Labute approximate surface area is 122 Å². The van der Waals surface area contributed by atoms with Crippen LogP contribution in [0.2, 0.25) is 0 Å². The maximum atomic E-state index is 10.8. The summed E-state index contributed by atoms with van der Waals surface area (Å²) in [6.45, 7) is 6.63. The topological polar surface area (TPSA) is 43.8 Å². The van der Waals surface area contributed by atoms with E-state index in [0.717, 1.165) is 25.2 Å². The van der Waals surface area contributed by atoms with Crippen LogP contribution in [0.15, 0.2) is 18.2 Å². The lowest BCUT2D eigenvalue weighted by Gasteiger charge is -2.25. The van der Waals surface area contributed by atoms with Crippen molar-refractivity contribution < 1.29 is 9.90 Å². The average Bonchev–Trinajstić information content (AvgIpc) is 2.36. The number of carboxylic acids is 1. The van der Waals surface area contributed by atoms with Crippen LogP contribution in [-0.2, 0) is 4.79 Å². The van der Waals surface area contributed by atoms with Crippen molar-refractivity contribution in [3.05, 3.63) is 29.3 Å². The number of hydrogen-bond donors (Lipinski definition) is 1. The van der Waals surface area contributed by atoms with Gasteiger partial charge in [0.15, 0.2) is 0 Å². The van der Waals surface area contributed by atoms with Crippen molar-refractivity contribution >= 4 is 11.7 Å². The van der Waals surface area contributed by atoms with Crippen LogP contribution in [0.4, 0.5) is 5.69 Å². The van der Waals surface area contributed by atoms with Gasteiger partial charge in [-0.25, -0.2) is 0 Å². The molecule has 4 heteroatoms. The third-order valence-electron chi connectivity index (χ3n) is 3.48. The molecule has 112 valence electrons. The Hall–Kier alpha value is -1.55. The average molecular weight is 278 g/mol. The van der Waals surface area contributed by atoms with Crippen LogP contribution in [-0.4, -0.2) is 49.7 Å².